The van der Waals surface area contributed by atoms with Crippen molar-refractivity contribution in [2.24, 2.45) is 5.41 Å². The number of rotatable bonds is 6. The van der Waals surface area contributed by atoms with Gasteiger partial charge < -0.3 is 10.4 Å². The van der Waals surface area contributed by atoms with E-state index >= 15 is 0 Å². The van der Waals surface area contributed by atoms with Gasteiger partial charge in [0, 0.05) is 17.6 Å². The monoisotopic (exact) mass is 235 g/mol. The molecule has 2 heteroatoms. The van der Waals surface area contributed by atoms with Crippen molar-refractivity contribution in [3.63, 3.8) is 0 Å². The fourth-order valence-corrected chi connectivity index (χ4v) is 1.81. The molecule has 0 saturated carbocycles. The molecule has 1 unspecified atom stereocenters. The minimum atomic E-state index is -0.0304. The lowest BCUT2D eigenvalue weighted by Gasteiger charge is -2.26. The second-order valence-corrected chi connectivity index (χ2v) is 5.17. The molecule has 1 aromatic rings. The van der Waals surface area contributed by atoms with Crippen LogP contribution in [0.4, 0.5) is 5.69 Å². The van der Waals surface area contributed by atoms with Gasteiger partial charge in [0.15, 0.2) is 0 Å². The Labute approximate surface area is 105 Å². The highest BCUT2D eigenvalue weighted by molar-refractivity contribution is 5.48. The number of aliphatic hydroxyl groups excluding tert-OH is 1. The molecule has 96 valence electrons. The van der Waals surface area contributed by atoms with E-state index in [9.17, 15) is 5.11 Å². The summed E-state index contributed by atoms with van der Waals surface area (Å²) in [6.45, 7) is 9.58. The van der Waals surface area contributed by atoms with Gasteiger partial charge in [-0.1, -0.05) is 26.8 Å². The summed E-state index contributed by atoms with van der Waals surface area (Å²) in [5, 5.41) is 12.8. The van der Waals surface area contributed by atoms with Crippen molar-refractivity contribution in [2.75, 3.05) is 18.5 Å². The summed E-state index contributed by atoms with van der Waals surface area (Å²) in [6, 6.07) is 6.49. The standard InChI is InChI=1S/C15H25NO/c1-5-13-7-8-14(9-12(13)3)16-10-15(4,6-2)11-17/h7-9,16-17H,5-6,10-11H2,1-4H3. The van der Waals surface area contributed by atoms with Crippen LogP contribution in [0.5, 0.6) is 0 Å². The predicted molar refractivity (Wildman–Crippen MR) is 74.5 cm³/mol. The van der Waals surface area contributed by atoms with Crippen molar-refractivity contribution in [1.29, 1.82) is 0 Å². The van der Waals surface area contributed by atoms with Crippen molar-refractivity contribution in [3.8, 4) is 0 Å². The smallest absolute Gasteiger partial charge is 0.0501 e. The molecular formula is C15H25NO. The molecule has 0 fully saturated rings. The maximum absolute atomic E-state index is 9.36. The van der Waals surface area contributed by atoms with Gasteiger partial charge in [-0.05, 0) is 43.0 Å². The number of benzene rings is 1. The second kappa shape index (κ2) is 6.06. The molecule has 0 spiro atoms. The van der Waals surface area contributed by atoms with Crippen LogP contribution in [0.15, 0.2) is 18.2 Å². The molecule has 0 aliphatic carbocycles. The Bertz CT molecular complexity index is 356. The van der Waals surface area contributed by atoms with Gasteiger partial charge in [0.1, 0.15) is 0 Å². The summed E-state index contributed by atoms with van der Waals surface area (Å²) in [7, 11) is 0. The van der Waals surface area contributed by atoms with Crippen LogP contribution in [0.25, 0.3) is 0 Å². The van der Waals surface area contributed by atoms with Crippen LogP contribution < -0.4 is 5.32 Å². The van der Waals surface area contributed by atoms with Gasteiger partial charge in [0.05, 0.1) is 6.61 Å². The van der Waals surface area contributed by atoms with Crippen LogP contribution in [-0.2, 0) is 6.42 Å². The molecule has 1 rings (SSSR count). The first-order valence-corrected chi connectivity index (χ1v) is 6.49. The second-order valence-electron chi connectivity index (χ2n) is 5.17. The lowest BCUT2D eigenvalue weighted by atomic mass is 9.88. The largest absolute Gasteiger partial charge is 0.396 e. The Morgan fingerprint density at radius 2 is 2.00 bits per heavy atom. The highest BCUT2D eigenvalue weighted by Crippen LogP contribution is 2.22. The first kappa shape index (κ1) is 14.0. The fourth-order valence-electron chi connectivity index (χ4n) is 1.81. The quantitative estimate of drug-likeness (QED) is 0.792. The summed E-state index contributed by atoms with van der Waals surface area (Å²) in [4.78, 5) is 0. The van der Waals surface area contributed by atoms with E-state index in [1.54, 1.807) is 0 Å². The van der Waals surface area contributed by atoms with Crippen molar-refractivity contribution < 1.29 is 5.11 Å². The third-order valence-corrected chi connectivity index (χ3v) is 3.68. The Morgan fingerprint density at radius 1 is 1.29 bits per heavy atom. The maximum atomic E-state index is 9.36. The molecule has 1 aromatic carbocycles. The van der Waals surface area contributed by atoms with Crippen LogP contribution >= 0.6 is 0 Å². The Balaban J connectivity index is 2.67. The minimum absolute atomic E-state index is 0.0304. The van der Waals surface area contributed by atoms with Crippen LogP contribution in [0.2, 0.25) is 0 Å². The van der Waals surface area contributed by atoms with Gasteiger partial charge in [0.2, 0.25) is 0 Å². The Morgan fingerprint density at radius 3 is 2.47 bits per heavy atom. The molecule has 2 nitrogen and oxygen atoms in total. The molecule has 0 aliphatic heterocycles. The Kier molecular flexibility index (Phi) is 5.01. The number of aliphatic hydroxyl groups is 1. The number of anilines is 1. The van der Waals surface area contributed by atoms with E-state index in [2.05, 4.69) is 51.2 Å². The van der Waals surface area contributed by atoms with Crippen LogP contribution in [-0.4, -0.2) is 18.3 Å². The molecular weight excluding hydrogens is 210 g/mol. The van der Waals surface area contributed by atoms with E-state index in [-0.39, 0.29) is 12.0 Å². The highest BCUT2D eigenvalue weighted by atomic mass is 16.3. The maximum Gasteiger partial charge on any atom is 0.0501 e. The summed E-state index contributed by atoms with van der Waals surface area (Å²) in [5.41, 5.74) is 3.85. The molecule has 0 bridgehead atoms. The van der Waals surface area contributed by atoms with Gasteiger partial charge in [0.25, 0.3) is 0 Å². The zero-order valence-electron chi connectivity index (χ0n) is 11.5. The van der Waals surface area contributed by atoms with Crippen LogP contribution in [0, 0.1) is 12.3 Å². The number of nitrogens with one attached hydrogen (secondary N) is 1. The summed E-state index contributed by atoms with van der Waals surface area (Å²) in [6.07, 6.45) is 2.05. The topological polar surface area (TPSA) is 32.3 Å². The third kappa shape index (κ3) is 3.74. The predicted octanol–water partition coefficient (Wildman–Crippen LogP) is 3.38. The molecule has 0 aliphatic rings. The molecule has 0 aromatic heterocycles. The van der Waals surface area contributed by atoms with Crippen molar-refractivity contribution in [2.45, 2.75) is 40.5 Å². The van der Waals surface area contributed by atoms with Gasteiger partial charge in [-0.3, -0.25) is 0 Å². The van der Waals surface area contributed by atoms with E-state index in [0.29, 0.717) is 0 Å². The minimum Gasteiger partial charge on any atom is -0.396 e. The van der Waals surface area contributed by atoms with E-state index < -0.39 is 0 Å². The fraction of sp³-hybridized carbons (Fsp3) is 0.600. The SMILES string of the molecule is CCc1ccc(NCC(C)(CC)CO)cc1C. The van der Waals surface area contributed by atoms with E-state index in [4.69, 9.17) is 0 Å². The molecule has 0 saturated heterocycles. The van der Waals surface area contributed by atoms with Crippen molar-refractivity contribution in [1.82, 2.24) is 0 Å². The average molecular weight is 235 g/mol. The van der Waals surface area contributed by atoms with E-state index in [1.807, 2.05) is 0 Å². The number of aryl methyl sites for hydroxylation is 2. The lowest BCUT2D eigenvalue weighted by molar-refractivity contribution is 0.149. The van der Waals surface area contributed by atoms with Crippen LogP contribution in [0.3, 0.4) is 0 Å². The zero-order chi connectivity index (χ0) is 12.9. The molecule has 17 heavy (non-hydrogen) atoms. The van der Waals surface area contributed by atoms with Crippen molar-refractivity contribution in [3.05, 3.63) is 29.3 Å². The van der Waals surface area contributed by atoms with Gasteiger partial charge in [-0.2, -0.15) is 0 Å². The Hall–Kier alpha value is -1.02. The molecule has 0 amide bonds. The third-order valence-electron chi connectivity index (χ3n) is 3.68. The number of hydrogen-bond acceptors (Lipinski definition) is 2. The van der Waals surface area contributed by atoms with Gasteiger partial charge >= 0.3 is 0 Å². The average Bonchev–Trinajstić information content (AvgIpc) is 2.36. The summed E-state index contributed by atoms with van der Waals surface area (Å²) >= 11 is 0. The molecule has 1 atom stereocenters. The lowest BCUT2D eigenvalue weighted by Crippen LogP contribution is -2.29. The van der Waals surface area contributed by atoms with E-state index in [1.165, 1.54) is 11.1 Å². The molecule has 0 radical (unpaired) electrons. The summed E-state index contributed by atoms with van der Waals surface area (Å²) < 4.78 is 0. The normalized spacial score (nSPS) is 14.4. The van der Waals surface area contributed by atoms with Gasteiger partial charge in [-0.15, -0.1) is 0 Å². The number of hydrogen-bond donors (Lipinski definition) is 2. The first-order valence-electron chi connectivity index (χ1n) is 6.49. The highest BCUT2D eigenvalue weighted by Gasteiger charge is 2.20. The van der Waals surface area contributed by atoms with Gasteiger partial charge in [-0.25, -0.2) is 0 Å². The van der Waals surface area contributed by atoms with Crippen molar-refractivity contribution >= 4 is 5.69 Å². The molecule has 0 heterocycles. The first-order chi connectivity index (χ1) is 8.04. The van der Waals surface area contributed by atoms with Crippen LogP contribution in [0.1, 0.15) is 38.3 Å². The van der Waals surface area contributed by atoms with E-state index in [0.717, 1.165) is 25.1 Å². The zero-order valence-corrected chi connectivity index (χ0v) is 11.5. The summed E-state index contributed by atoms with van der Waals surface area (Å²) in [5.74, 6) is 0. The molecule has 2 N–H and O–H groups in total.